The van der Waals surface area contributed by atoms with Crippen LogP contribution in [0.4, 0.5) is 0 Å². The maximum atomic E-state index is 12.6. The van der Waals surface area contributed by atoms with E-state index in [2.05, 4.69) is 20.1 Å². The molecule has 1 atom stereocenters. The van der Waals surface area contributed by atoms with Crippen molar-refractivity contribution in [2.45, 2.75) is 33.2 Å². The largest absolute Gasteiger partial charge is 0.297 e. The third kappa shape index (κ3) is 3.39. The molecule has 0 saturated carbocycles. The molecule has 2 heterocycles. The Morgan fingerprint density at radius 2 is 2.00 bits per heavy atom. The predicted octanol–water partition coefficient (Wildman–Crippen LogP) is 2.12. The van der Waals surface area contributed by atoms with Crippen LogP contribution in [0.2, 0.25) is 5.28 Å². The number of rotatable bonds is 4. The lowest BCUT2D eigenvalue weighted by Crippen LogP contribution is -2.32. The van der Waals surface area contributed by atoms with Gasteiger partial charge in [-0.3, -0.25) is 4.79 Å². The molecule has 2 rings (SSSR count). The van der Waals surface area contributed by atoms with Gasteiger partial charge in [0.05, 0.1) is 0 Å². The summed E-state index contributed by atoms with van der Waals surface area (Å²) in [7, 11) is 0. The minimum atomic E-state index is -0.468. The van der Waals surface area contributed by atoms with Gasteiger partial charge in [-0.25, -0.2) is 19.6 Å². The van der Waals surface area contributed by atoms with Gasteiger partial charge in [0.2, 0.25) is 5.28 Å². The van der Waals surface area contributed by atoms with Crippen molar-refractivity contribution in [1.82, 2.24) is 24.7 Å². The highest BCUT2D eigenvalue weighted by Gasteiger charge is 2.31. The van der Waals surface area contributed by atoms with Crippen LogP contribution in [0, 0.1) is 5.41 Å². The molecule has 2 aromatic rings. The van der Waals surface area contributed by atoms with Gasteiger partial charge in [-0.15, -0.1) is 0 Å². The fourth-order valence-corrected chi connectivity index (χ4v) is 1.95. The molecule has 2 aromatic heterocycles. The summed E-state index contributed by atoms with van der Waals surface area (Å²) in [6.07, 6.45) is 6.66. The van der Waals surface area contributed by atoms with E-state index >= 15 is 0 Å². The zero-order valence-electron chi connectivity index (χ0n) is 11.6. The Morgan fingerprint density at radius 1 is 1.35 bits per heavy atom. The first-order valence-electron chi connectivity index (χ1n) is 6.23. The molecule has 0 saturated heterocycles. The second kappa shape index (κ2) is 5.66. The van der Waals surface area contributed by atoms with Crippen LogP contribution in [0.3, 0.4) is 0 Å². The number of nitrogens with zero attached hydrogens (tertiary/aromatic N) is 5. The van der Waals surface area contributed by atoms with Gasteiger partial charge in [-0.05, 0) is 17.2 Å². The summed E-state index contributed by atoms with van der Waals surface area (Å²) < 4.78 is 1.57. The standard InChI is InChI=1S/C13H16ClN5O/c1-13(2,3)11(20)10(19-8-15-7-18-19)4-9-5-16-12(14)17-6-9/h5-8,10H,4H2,1-3H3. The zero-order chi connectivity index (χ0) is 14.8. The molecule has 0 fully saturated rings. The van der Waals surface area contributed by atoms with Crippen LogP contribution in [-0.2, 0) is 11.2 Å². The number of ketones is 1. The van der Waals surface area contributed by atoms with Crippen LogP contribution in [0.5, 0.6) is 0 Å². The fourth-order valence-electron chi connectivity index (χ4n) is 1.85. The zero-order valence-corrected chi connectivity index (χ0v) is 12.4. The molecule has 0 bridgehead atoms. The summed E-state index contributed by atoms with van der Waals surface area (Å²) in [5.74, 6) is 0.0814. The van der Waals surface area contributed by atoms with E-state index in [4.69, 9.17) is 11.6 Å². The average Bonchev–Trinajstić information content (AvgIpc) is 2.90. The first-order chi connectivity index (χ1) is 9.38. The second-order valence-electron chi connectivity index (χ2n) is 5.57. The van der Waals surface area contributed by atoms with E-state index in [1.807, 2.05) is 20.8 Å². The third-order valence-electron chi connectivity index (χ3n) is 2.90. The van der Waals surface area contributed by atoms with E-state index in [0.29, 0.717) is 6.42 Å². The highest BCUT2D eigenvalue weighted by molar-refractivity contribution is 6.28. The smallest absolute Gasteiger partial charge is 0.222 e. The predicted molar refractivity (Wildman–Crippen MR) is 74.3 cm³/mol. The van der Waals surface area contributed by atoms with Crippen molar-refractivity contribution in [2.24, 2.45) is 5.41 Å². The number of hydrogen-bond acceptors (Lipinski definition) is 5. The number of halogens is 1. The van der Waals surface area contributed by atoms with Crippen molar-refractivity contribution in [1.29, 1.82) is 0 Å². The maximum absolute atomic E-state index is 12.6. The van der Waals surface area contributed by atoms with E-state index in [1.165, 1.54) is 6.33 Å². The van der Waals surface area contributed by atoms with Crippen molar-refractivity contribution in [3.63, 3.8) is 0 Å². The highest BCUT2D eigenvalue weighted by atomic mass is 35.5. The molecule has 0 N–H and O–H groups in total. The summed E-state index contributed by atoms with van der Waals surface area (Å²) in [6.45, 7) is 5.66. The summed E-state index contributed by atoms with van der Waals surface area (Å²) in [5, 5.41) is 4.27. The van der Waals surface area contributed by atoms with E-state index in [9.17, 15) is 4.79 Å². The monoisotopic (exact) mass is 293 g/mol. The van der Waals surface area contributed by atoms with Crippen molar-refractivity contribution >= 4 is 17.4 Å². The summed E-state index contributed by atoms with van der Waals surface area (Å²) in [5.41, 5.74) is 0.358. The Bertz CT molecular complexity index is 574. The van der Waals surface area contributed by atoms with Gasteiger partial charge in [0.1, 0.15) is 18.7 Å². The first-order valence-corrected chi connectivity index (χ1v) is 6.60. The lowest BCUT2D eigenvalue weighted by Gasteiger charge is -2.24. The van der Waals surface area contributed by atoms with Gasteiger partial charge in [-0.1, -0.05) is 20.8 Å². The lowest BCUT2D eigenvalue weighted by atomic mass is 9.84. The number of Topliss-reactive ketones (excluding diaryl/α,β-unsaturated/α-hetero) is 1. The molecular formula is C13H16ClN5O. The Morgan fingerprint density at radius 3 is 2.50 bits per heavy atom. The van der Waals surface area contributed by atoms with E-state index in [-0.39, 0.29) is 11.1 Å². The van der Waals surface area contributed by atoms with E-state index in [1.54, 1.807) is 23.4 Å². The number of carbonyl (C=O) groups excluding carboxylic acids is 1. The van der Waals surface area contributed by atoms with Crippen LogP contribution in [-0.4, -0.2) is 30.5 Å². The quantitative estimate of drug-likeness (QED) is 0.807. The van der Waals surface area contributed by atoms with Crippen LogP contribution >= 0.6 is 11.6 Å². The molecule has 106 valence electrons. The molecule has 7 heteroatoms. The molecule has 0 spiro atoms. The minimum absolute atomic E-state index is 0.0814. The molecular weight excluding hydrogens is 278 g/mol. The molecule has 6 nitrogen and oxygen atoms in total. The summed E-state index contributed by atoms with van der Waals surface area (Å²) in [6, 6.07) is -0.428. The molecule has 0 radical (unpaired) electrons. The normalized spacial score (nSPS) is 13.2. The Balaban J connectivity index is 2.28. The SMILES string of the molecule is CC(C)(C)C(=O)C(Cc1cnc(Cl)nc1)n1cncn1. The highest BCUT2D eigenvalue weighted by Crippen LogP contribution is 2.25. The van der Waals surface area contributed by atoms with Crippen LogP contribution in [0.1, 0.15) is 32.4 Å². The molecule has 0 aliphatic heterocycles. The summed E-state index contributed by atoms with van der Waals surface area (Å²) >= 11 is 5.67. The first kappa shape index (κ1) is 14.6. The van der Waals surface area contributed by atoms with Crippen LogP contribution in [0.15, 0.2) is 25.0 Å². The van der Waals surface area contributed by atoms with Crippen molar-refractivity contribution < 1.29 is 4.79 Å². The second-order valence-corrected chi connectivity index (χ2v) is 5.91. The van der Waals surface area contributed by atoms with Crippen molar-refractivity contribution in [2.75, 3.05) is 0 Å². The molecule has 0 amide bonds. The van der Waals surface area contributed by atoms with Gasteiger partial charge in [0.15, 0.2) is 5.78 Å². The number of hydrogen-bond donors (Lipinski definition) is 0. The maximum Gasteiger partial charge on any atom is 0.222 e. The van der Waals surface area contributed by atoms with E-state index < -0.39 is 11.5 Å². The van der Waals surface area contributed by atoms with Crippen molar-refractivity contribution in [3.8, 4) is 0 Å². The van der Waals surface area contributed by atoms with Gasteiger partial charge in [0.25, 0.3) is 0 Å². The van der Waals surface area contributed by atoms with Gasteiger partial charge in [0, 0.05) is 24.2 Å². The molecule has 20 heavy (non-hydrogen) atoms. The Labute approximate surface area is 122 Å². The van der Waals surface area contributed by atoms with Gasteiger partial charge in [-0.2, -0.15) is 5.10 Å². The summed E-state index contributed by atoms with van der Waals surface area (Å²) in [4.78, 5) is 24.4. The van der Waals surface area contributed by atoms with Crippen LogP contribution in [0.25, 0.3) is 0 Å². The van der Waals surface area contributed by atoms with Crippen molar-refractivity contribution in [3.05, 3.63) is 35.9 Å². The molecule has 1 unspecified atom stereocenters. The third-order valence-corrected chi connectivity index (χ3v) is 3.10. The Kier molecular flexibility index (Phi) is 4.13. The topological polar surface area (TPSA) is 73.6 Å². The molecule has 0 aliphatic carbocycles. The van der Waals surface area contributed by atoms with Gasteiger partial charge < -0.3 is 0 Å². The molecule has 0 aliphatic rings. The van der Waals surface area contributed by atoms with Crippen LogP contribution < -0.4 is 0 Å². The average molecular weight is 294 g/mol. The fraction of sp³-hybridized carbons (Fsp3) is 0.462. The lowest BCUT2D eigenvalue weighted by molar-refractivity contribution is -0.130. The number of carbonyl (C=O) groups is 1. The Hall–Kier alpha value is -1.82. The molecule has 0 aromatic carbocycles. The minimum Gasteiger partial charge on any atom is -0.297 e. The number of aromatic nitrogens is 5. The van der Waals surface area contributed by atoms with E-state index in [0.717, 1.165) is 5.56 Å². The van der Waals surface area contributed by atoms with Gasteiger partial charge >= 0.3 is 0 Å².